The van der Waals surface area contributed by atoms with Crippen LogP contribution in [0.25, 0.3) is 0 Å². The molecule has 0 bridgehead atoms. The monoisotopic (exact) mass is 853 g/mol. The molecule has 5 nitrogen and oxygen atoms in total. The van der Waals surface area contributed by atoms with Crippen molar-refractivity contribution in [3.05, 3.63) is 0 Å². The van der Waals surface area contributed by atoms with Crippen molar-refractivity contribution in [2.75, 3.05) is 46.5 Å². The fraction of sp³-hybridized carbons (Fsp3) is 0.981. The zero-order valence-electron chi connectivity index (χ0n) is 41.3. The van der Waals surface area contributed by atoms with Crippen molar-refractivity contribution >= 4 is 13.7 Å². The van der Waals surface area contributed by atoms with Crippen LogP contribution in [-0.4, -0.2) is 73.0 Å². The summed E-state index contributed by atoms with van der Waals surface area (Å²) in [6.07, 6.45) is 50.4. The first-order valence-corrected chi connectivity index (χ1v) is 28.6. The predicted molar refractivity (Wildman–Crippen MR) is 265 cm³/mol. The van der Waals surface area contributed by atoms with Gasteiger partial charge in [0.2, 0.25) is 5.91 Å². The summed E-state index contributed by atoms with van der Waals surface area (Å²) in [7, 11) is 2.03. The molecular weight excluding hydrogens is 744 g/mol. The lowest BCUT2D eigenvalue weighted by Crippen LogP contribution is -2.41. The van der Waals surface area contributed by atoms with Gasteiger partial charge in [-0.05, 0) is 45.2 Å². The Kier molecular flexibility index (Phi) is 45.3. The average molecular weight is 853 g/mol. The van der Waals surface area contributed by atoms with Crippen molar-refractivity contribution in [2.45, 2.75) is 277 Å². The minimum absolute atomic E-state index is 0.0893. The Balaban J connectivity index is 5.32. The van der Waals surface area contributed by atoms with E-state index in [-0.39, 0.29) is 18.2 Å². The molecule has 0 saturated carbocycles. The average Bonchev–Trinajstić information content (AvgIpc) is 3.23. The van der Waals surface area contributed by atoms with Crippen molar-refractivity contribution in [3.8, 4) is 0 Å². The van der Waals surface area contributed by atoms with Crippen LogP contribution >= 0.6 is 7.80 Å². The summed E-state index contributed by atoms with van der Waals surface area (Å²) in [6, 6.07) is 0. The maximum absolute atomic E-state index is 14.2. The summed E-state index contributed by atoms with van der Waals surface area (Å²) < 4.78 is 13.5. The normalized spacial score (nSPS) is 13.4. The summed E-state index contributed by atoms with van der Waals surface area (Å²) in [5.74, 6) is 1.54. The fourth-order valence-corrected chi connectivity index (χ4v) is 10.9. The van der Waals surface area contributed by atoms with Gasteiger partial charge in [0.1, 0.15) is 0 Å². The van der Waals surface area contributed by atoms with Crippen molar-refractivity contribution < 1.29 is 14.5 Å². The Morgan fingerprint density at radius 2 is 0.797 bits per heavy atom. The number of hydrogen-bond donors (Lipinski definition) is 1. The Bertz CT molecular complexity index is 865. The lowest BCUT2D eigenvalue weighted by molar-refractivity contribution is -0.132. The molecule has 0 rings (SSSR count). The molecule has 59 heavy (non-hydrogen) atoms. The second kappa shape index (κ2) is 45.6. The number of aliphatic hydroxyl groups is 1. The van der Waals surface area contributed by atoms with Gasteiger partial charge in [-0.2, -0.15) is 0 Å². The van der Waals surface area contributed by atoms with Gasteiger partial charge in [-0.25, -0.2) is 0 Å². The Morgan fingerprint density at radius 3 is 1.17 bits per heavy atom. The smallest absolute Gasteiger partial charge is 0.222 e. The van der Waals surface area contributed by atoms with E-state index < -0.39 is 7.80 Å². The van der Waals surface area contributed by atoms with E-state index in [2.05, 4.69) is 37.5 Å². The molecule has 1 amide bonds. The quantitative estimate of drug-likeness (QED) is 0.0489. The summed E-state index contributed by atoms with van der Waals surface area (Å²) in [6.45, 7) is 11.1. The topological polar surface area (TPSA) is 60.9 Å². The van der Waals surface area contributed by atoms with E-state index in [0.29, 0.717) is 25.0 Å². The van der Waals surface area contributed by atoms with E-state index in [9.17, 15) is 14.5 Å². The lowest BCUT2D eigenvalue weighted by atomic mass is 9.90. The summed E-state index contributed by atoms with van der Waals surface area (Å²) in [4.78, 5) is 18.4. The number of amides is 1. The minimum Gasteiger partial charge on any atom is -0.396 e. The molecule has 0 spiro atoms. The second-order valence-corrected chi connectivity index (χ2v) is 21.8. The number of unbranched alkanes of at least 4 members (excludes halogenated alkanes) is 27. The number of hydrogen-bond acceptors (Lipinski definition) is 4. The molecule has 0 aromatic carbocycles. The van der Waals surface area contributed by atoms with Crippen LogP contribution in [-0.2, 0) is 9.36 Å². The molecule has 3 unspecified atom stereocenters. The van der Waals surface area contributed by atoms with Crippen molar-refractivity contribution in [1.82, 2.24) is 9.80 Å². The molecule has 0 aromatic heterocycles. The van der Waals surface area contributed by atoms with Gasteiger partial charge in [0.15, 0.2) is 0 Å². The molecular formula is C53H109N2O3P. The highest BCUT2D eigenvalue weighted by Crippen LogP contribution is 2.30. The zero-order chi connectivity index (χ0) is 43.4. The van der Waals surface area contributed by atoms with Crippen LogP contribution in [0.5, 0.6) is 0 Å². The van der Waals surface area contributed by atoms with Crippen LogP contribution in [0, 0.1) is 11.8 Å². The molecule has 0 heterocycles. The fourth-order valence-electron chi connectivity index (χ4n) is 9.18. The van der Waals surface area contributed by atoms with Crippen LogP contribution in [0.2, 0.25) is 0 Å². The third-order valence-electron chi connectivity index (χ3n) is 13.4. The number of rotatable bonds is 48. The highest BCUT2D eigenvalue weighted by molar-refractivity contribution is 7.45. The number of carbonyl (C=O) groups excluding carboxylic acids is 1. The lowest BCUT2D eigenvalue weighted by Gasteiger charge is -2.31. The van der Waals surface area contributed by atoms with Crippen LogP contribution in [0.1, 0.15) is 272 Å². The van der Waals surface area contributed by atoms with Gasteiger partial charge in [-0.3, -0.25) is 4.79 Å². The maximum Gasteiger partial charge on any atom is 0.222 e. The molecule has 1 N–H and O–H groups in total. The first-order chi connectivity index (χ1) is 28.8. The van der Waals surface area contributed by atoms with Gasteiger partial charge in [0.05, 0.1) is 20.1 Å². The van der Waals surface area contributed by atoms with Crippen molar-refractivity contribution in [2.24, 2.45) is 11.8 Å². The van der Waals surface area contributed by atoms with Crippen LogP contribution < -0.4 is 0 Å². The largest absolute Gasteiger partial charge is 0.396 e. The van der Waals surface area contributed by atoms with E-state index in [1.807, 2.05) is 14.1 Å². The molecule has 0 fully saturated rings. The Hall–Kier alpha value is -0.380. The third-order valence-corrected chi connectivity index (χ3v) is 15.4. The van der Waals surface area contributed by atoms with E-state index >= 15 is 0 Å². The molecule has 0 saturated heterocycles. The summed E-state index contributed by atoms with van der Waals surface area (Å²) >= 11 is 0. The van der Waals surface area contributed by atoms with Gasteiger partial charge in [-0.1, -0.05) is 246 Å². The molecule has 354 valence electrons. The first-order valence-electron chi connectivity index (χ1n) is 26.9. The van der Waals surface area contributed by atoms with Crippen LogP contribution in [0.3, 0.4) is 0 Å². The molecule has 0 aliphatic rings. The zero-order valence-corrected chi connectivity index (χ0v) is 42.3. The highest BCUT2D eigenvalue weighted by atomic mass is 31.1. The molecule has 0 aliphatic heterocycles. The number of nitrogens with zero attached hydrogens (tertiary/aromatic N) is 2. The molecule has 0 aromatic rings. The van der Waals surface area contributed by atoms with Gasteiger partial charge in [-0.15, -0.1) is 0 Å². The van der Waals surface area contributed by atoms with Gasteiger partial charge in [0.25, 0.3) is 0 Å². The number of aliphatic hydroxyl groups excluding tert-OH is 1. The maximum atomic E-state index is 14.2. The van der Waals surface area contributed by atoms with Gasteiger partial charge < -0.3 is 19.5 Å². The van der Waals surface area contributed by atoms with Crippen molar-refractivity contribution in [1.29, 1.82) is 0 Å². The van der Waals surface area contributed by atoms with Crippen molar-refractivity contribution in [3.63, 3.8) is 0 Å². The Morgan fingerprint density at radius 1 is 0.458 bits per heavy atom. The summed E-state index contributed by atoms with van der Waals surface area (Å²) in [5.41, 5.74) is -0.301. The van der Waals surface area contributed by atoms with Crippen LogP contribution in [0.15, 0.2) is 0 Å². The second-order valence-electron chi connectivity index (χ2n) is 19.5. The SMILES string of the molecule is CCCCCCCCCCCCCCC(CCCC)CCCCC(=O)N(CC(CCCCCCCCCC)CCCCCCCCCC)CC(CO)[PH](=O)CCN(C)C. The molecule has 6 heteroatoms. The van der Waals surface area contributed by atoms with Crippen LogP contribution in [0.4, 0.5) is 0 Å². The third kappa shape index (κ3) is 39.0. The standard InChI is InChI=1S/C53H109N2O3P/c1-7-11-15-18-21-24-25-26-27-30-31-34-40-50(39-14-10-4)41-37-38-44-53(57)55(48-52(49-56)59(58)46-45-54(5)6)47-51(42-35-32-28-22-19-16-12-8-2)43-36-33-29-23-20-17-13-9-3/h50-52,56,59H,7-49H2,1-6H3. The first kappa shape index (κ1) is 58.6. The molecule has 0 aliphatic carbocycles. The van der Waals surface area contributed by atoms with E-state index in [1.165, 1.54) is 225 Å². The van der Waals surface area contributed by atoms with E-state index in [4.69, 9.17) is 0 Å². The molecule has 0 radical (unpaired) electrons. The minimum atomic E-state index is -2.01. The predicted octanol–water partition coefficient (Wildman–Crippen LogP) is 16.4. The van der Waals surface area contributed by atoms with Gasteiger partial charge >= 0.3 is 0 Å². The van der Waals surface area contributed by atoms with Gasteiger partial charge in [0, 0.05) is 32.2 Å². The Labute approximate surface area is 372 Å². The number of carbonyl (C=O) groups is 1. The molecule has 3 atom stereocenters. The highest BCUT2D eigenvalue weighted by Gasteiger charge is 2.25. The van der Waals surface area contributed by atoms with E-state index in [1.54, 1.807) is 0 Å². The van der Waals surface area contributed by atoms with E-state index in [0.717, 1.165) is 31.8 Å². The summed E-state index contributed by atoms with van der Waals surface area (Å²) in [5, 5.41) is 10.5.